The Morgan fingerprint density at radius 2 is 2.33 bits per heavy atom. The van der Waals surface area contributed by atoms with Gasteiger partial charge in [-0.15, -0.1) is 11.3 Å². The van der Waals surface area contributed by atoms with E-state index in [0.29, 0.717) is 6.54 Å². The van der Waals surface area contributed by atoms with Crippen molar-refractivity contribution in [2.45, 2.75) is 13.0 Å². The topological polar surface area (TPSA) is 46.3 Å². The average molecular weight is 282 g/mol. The number of nitrogens with two attached hydrogens (primary N) is 1. The van der Waals surface area contributed by atoms with E-state index in [4.69, 9.17) is 5.73 Å². The van der Waals surface area contributed by atoms with Gasteiger partial charge in [-0.2, -0.15) is 11.8 Å². The Kier molecular flexibility index (Phi) is 6.27. The Bertz CT molecular complexity index is 459. The zero-order valence-corrected chi connectivity index (χ0v) is 12.5. The lowest BCUT2D eigenvalue weighted by molar-refractivity contribution is 0.0762. The van der Waals surface area contributed by atoms with E-state index in [1.54, 1.807) is 16.7 Å². The van der Waals surface area contributed by atoms with Gasteiger partial charge in [-0.25, -0.2) is 0 Å². The minimum absolute atomic E-state index is 0.0577. The van der Waals surface area contributed by atoms with Crippen molar-refractivity contribution in [3.05, 3.63) is 21.9 Å². The number of carbonyl (C=O) groups is 1. The van der Waals surface area contributed by atoms with Crippen LogP contribution in [0.5, 0.6) is 0 Å². The third-order valence-corrected chi connectivity index (χ3v) is 4.32. The first-order chi connectivity index (χ1) is 8.60. The van der Waals surface area contributed by atoms with Crippen LogP contribution in [0.25, 0.3) is 0 Å². The van der Waals surface area contributed by atoms with Crippen molar-refractivity contribution in [3.63, 3.8) is 0 Å². The molecule has 0 aliphatic carbocycles. The fourth-order valence-corrected chi connectivity index (χ4v) is 2.95. The third kappa shape index (κ3) is 4.05. The van der Waals surface area contributed by atoms with Gasteiger partial charge in [0, 0.05) is 18.8 Å². The SMILES string of the molecule is CSCC(C)N(C)C(=O)c1ccc(C#CCN)s1. The first-order valence-corrected chi connectivity index (χ1v) is 7.86. The smallest absolute Gasteiger partial charge is 0.263 e. The Balaban J connectivity index is 2.75. The van der Waals surface area contributed by atoms with E-state index < -0.39 is 0 Å². The van der Waals surface area contributed by atoms with Crippen molar-refractivity contribution in [2.75, 3.05) is 25.6 Å². The molecule has 0 saturated heterocycles. The van der Waals surface area contributed by atoms with Gasteiger partial charge in [0.15, 0.2) is 0 Å². The molecule has 1 amide bonds. The van der Waals surface area contributed by atoms with Crippen LogP contribution in [0.15, 0.2) is 12.1 Å². The molecule has 0 aliphatic rings. The summed E-state index contributed by atoms with van der Waals surface area (Å²) in [5, 5.41) is 0. The third-order valence-electron chi connectivity index (χ3n) is 2.52. The highest BCUT2D eigenvalue weighted by atomic mass is 32.2. The second-order valence-electron chi connectivity index (χ2n) is 3.89. The van der Waals surface area contributed by atoms with E-state index in [-0.39, 0.29) is 11.9 Å². The Morgan fingerprint density at radius 1 is 1.61 bits per heavy atom. The Labute approximate surface area is 117 Å². The van der Waals surface area contributed by atoms with Crippen LogP contribution < -0.4 is 5.73 Å². The largest absolute Gasteiger partial charge is 0.337 e. The van der Waals surface area contributed by atoms with Crippen LogP contribution in [-0.2, 0) is 0 Å². The van der Waals surface area contributed by atoms with E-state index in [1.807, 2.05) is 25.4 Å². The van der Waals surface area contributed by atoms with Gasteiger partial charge < -0.3 is 10.6 Å². The van der Waals surface area contributed by atoms with Crippen LogP contribution in [-0.4, -0.2) is 42.4 Å². The molecular formula is C13H18N2OS2. The Morgan fingerprint density at radius 3 is 2.94 bits per heavy atom. The number of rotatable bonds is 4. The first kappa shape index (κ1) is 15.1. The van der Waals surface area contributed by atoms with Crippen molar-refractivity contribution < 1.29 is 4.79 Å². The molecule has 0 fully saturated rings. The number of nitrogens with zero attached hydrogens (tertiary/aromatic N) is 1. The molecule has 0 aliphatic heterocycles. The number of hydrogen-bond acceptors (Lipinski definition) is 4. The fraction of sp³-hybridized carbons (Fsp3) is 0.462. The summed E-state index contributed by atoms with van der Waals surface area (Å²) >= 11 is 3.16. The number of carbonyl (C=O) groups excluding carboxylic acids is 1. The van der Waals surface area contributed by atoms with Crippen molar-refractivity contribution >= 4 is 29.0 Å². The van der Waals surface area contributed by atoms with Crippen LogP contribution in [0.4, 0.5) is 0 Å². The molecule has 1 atom stereocenters. The molecule has 1 heterocycles. The second-order valence-corrected chi connectivity index (χ2v) is 5.88. The molecule has 1 unspecified atom stereocenters. The molecule has 1 aromatic rings. The molecular weight excluding hydrogens is 264 g/mol. The average Bonchev–Trinajstić information content (AvgIpc) is 2.83. The summed E-state index contributed by atoms with van der Waals surface area (Å²) in [7, 11) is 1.84. The van der Waals surface area contributed by atoms with Gasteiger partial charge in [0.1, 0.15) is 0 Å². The molecule has 0 spiro atoms. The van der Waals surface area contributed by atoms with Gasteiger partial charge in [-0.05, 0) is 25.3 Å². The summed E-state index contributed by atoms with van der Waals surface area (Å²) in [6.45, 7) is 2.39. The zero-order chi connectivity index (χ0) is 13.5. The van der Waals surface area contributed by atoms with E-state index in [2.05, 4.69) is 18.8 Å². The first-order valence-electron chi connectivity index (χ1n) is 5.65. The van der Waals surface area contributed by atoms with Gasteiger partial charge >= 0.3 is 0 Å². The molecule has 0 bridgehead atoms. The van der Waals surface area contributed by atoms with E-state index in [9.17, 15) is 4.79 Å². The number of thioether (sulfide) groups is 1. The molecule has 2 N–H and O–H groups in total. The van der Waals surface area contributed by atoms with Gasteiger partial charge in [0.05, 0.1) is 16.3 Å². The lowest BCUT2D eigenvalue weighted by Crippen LogP contribution is -2.36. The predicted molar refractivity (Wildman–Crippen MR) is 80.2 cm³/mol. The van der Waals surface area contributed by atoms with Crippen molar-refractivity contribution in [2.24, 2.45) is 5.73 Å². The second kappa shape index (κ2) is 7.47. The molecule has 0 saturated carbocycles. The lowest BCUT2D eigenvalue weighted by Gasteiger charge is -2.23. The number of amides is 1. The molecule has 3 nitrogen and oxygen atoms in total. The molecule has 98 valence electrons. The summed E-state index contributed by atoms with van der Waals surface area (Å²) in [4.78, 5) is 15.6. The zero-order valence-electron chi connectivity index (χ0n) is 10.9. The van der Waals surface area contributed by atoms with Crippen LogP contribution in [0, 0.1) is 11.8 Å². The molecule has 0 radical (unpaired) electrons. The molecule has 1 rings (SSSR count). The maximum absolute atomic E-state index is 12.2. The number of thiophene rings is 1. The summed E-state index contributed by atoms with van der Waals surface area (Å²) in [6.07, 6.45) is 2.04. The minimum atomic E-state index is 0.0577. The fourth-order valence-electron chi connectivity index (χ4n) is 1.39. The highest BCUT2D eigenvalue weighted by Crippen LogP contribution is 2.18. The molecule has 1 aromatic heterocycles. The maximum atomic E-state index is 12.2. The van der Waals surface area contributed by atoms with Crippen LogP contribution in [0.2, 0.25) is 0 Å². The maximum Gasteiger partial charge on any atom is 0.263 e. The summed E-state index contributed by atoms with van der Waals surface area (Å²) in [5.74, 6) is 6.73. The van der Waals surface area contributed by atoms with E-state index in [1.165, 1.54) is 11.3 Å². The predicted octanol–water partition coefficient (Wildman–Crippen LogP) is 1.88. The molecule has 5 heteroatoms. The highest BCUT2D eigenvalue weighted by Gasteiger charge is 2.18. The Hall–Kier alpha value is -0.960. The molecule has 0 aromatic carbocycles. The van der Waals surface area contributed by atoms with Crippen molar-refractivity contribution in [1.82, 2.24) is 4.90 Å². The normalized spacial score (nSPS) is 11.6. The van der Waals surface area contributed by atoms with Gasteiger partial charge in [0.2, 0.25) is 0 Å². The van der Waals surface area contributed by atoms with Crippen molar-refractivity contribution in [1.29, 1.82) is 0 Å². The standard InChI is InChI=1S/C13H18N2OS2/c1-10(9-17-3)15(2)13(16)12-7-6-11(18-12)5-4-8-14/h6-7,10H,8-9,14H2,1-3H3. The lowest BCUT2D eigenvalue weighted by atomic mass is 10.3. The van der Waals surface area contributed by atoms with Crippen molar-refractivity contribution in [3.8, 4) is 11.8 Å². The summed E-state index contributed by atoms with van der Waals surface area (Å²) in [6, 6.07) is 3.93. The number of hydrogen-bond donors (Lipinski definition) is 1. The van der Waals surface area contributed by atoms with Gasteiger partial charge in [-0.1, -0.05) is 11.8 Å². The summed E-state index contributed by atoms with van der Waals surface area (Å²) < 4.78 is 0. The van der Waals surface area contributed by atoms with Gasteiger partial charge in [-0.3, -0.25) is 4.79 Å². The quantitative estimate of drug-likeness (QED) is 0.858. The minimum Gasteiger partial charge on any atom is -0.337 e. The van der Waals surface area contributed by atoms with E-state index >= 15 is 0 Å². The van der Waals surface area contributed by atoms with E-state index in [0.717, 1.165) is 15.5 Å². The monoisotopic (exact) mass is 282 g/mol. The summed E-state index contributed by atoms with van der Waals surface area (Å²) in [5.41, 5.74) is 5.32. The highest BCUT2D eigenvalue weighted by molar-refractivity contribution is 7.98. The van der Waals surface area contributed by atoms with Crippen LogP contribution >= 0.6 is 23.1 Å². The van der Waals surface area contributed by atoms with Gasteiger partial charge in [0.25, 0.3) is 5.91 Å². The molecule has 18 heavy (non-hydrogen) atoms. The van der Waals surface area contributed by atoms with Crippen LogP contribution in [0.3, 0.4) is 0 Å². The van der Waals surface area contributed by atoms with Crippen LogP contribution in [0.1, 0.15) is 21.5 Å².